The number of piperidine rings is 1. The minimum absolute atomic E-state index is 0.278. The van der Waals surface area contributed by atoms with Crippen LogP contribution in [0.1, 0.15) is 41.8 Å². The van der Waals surface area contributed by atoms with Crippen LogP contribution in [-0.4, -0.2) is 58.6 Å². The molecule has 1 fully saturated rings. The quantitative estimate of drug-likeness (QED) is 0.339. The summed E-state index contributed by atoms with van der Waals surface area (Å²) in [5, 5.41) is 11.9. The number of rotatable bonds is 11. The van der Waals surface area contributed by atoms with Crippen LogP contribution in [0.5, 0.6) is 17.2 Å². The van der Waals surface area contributed by atoms with Gasteiger partial charge in [-0.3, -0.25) is 4.90 Å². The number of ether oxygens (including phenoxy) is 3. The minimum atomic E-state index is -0.834. The zero-order valence-corrected chi connectivity index (χ0v) is 23.1. The first-order valence-corrected chi connectivity index (χ1v) is 13.3. The summed E-state index contributed by atoms with van der Waals surface area (Å²) in [7, 11) is 1.66. The molecule has 0 amide bonds. The molecule has 4 rings (SSSR count). The van der Waals surface area contributed by atoms with Crippen molar-refractivity contribution in [2.75, 3.05) is 33.4 Å². The predicted molar refractivity (Wildman–Crippen MR) is 146 cm³/mol. The highest BCUT2D eigenvalue weighted by Crippen LogP contribution is 2.31. The summed E-state index contributed by atoms with van der Waals surface area (Å²) in [6.45, 7) is 10.1. The number of likely N-dealkylation sites (tertiary alicyclic amines) is 1. The van der Waals surface area contributed by atoms with Gasteiger partial charge in [-0.1, -0.05) is 17.7 Å². The van der Waals surface area contributed by atoms with Crippen LogP contribution in [0, 0.1) is 20.8 Å². The van der Waals surface area contributed by atoms with E-state index in [1.54, 1.807) is 7.11 Å². The van der Waals surface area contributed by atoms with Crippen LogP contribution in [0.25, 0.3) is 0 Å². The SMILES string of the molecule is COc1ccc(CN2CCC(O)(COc3cc(C)c(Cl)c(C)c3)CC2)cc1OCCCn1ccnc1C. The average molecular weight is 528 g/mol. The van der Waals surface area contributed by atoms with Crippen LogP contribution in [0.4, 0.5) is 0 Å². The maximum Gasteiger partial charge on any atom is 0.161 e. The molecular formula is C29H38ClN3O4. The molecule has 0 spiro atoms. The average Bonchev–Trinajstić information content (AvgIpc) is 3.30. The standard InChI is InChI=1S/C29H38ClN3O4/c1-21-16-25(17-22(2)28(21)30)37-20-29(34)8-12-32(13-9-29)19-24-6-7-26(35-4)27(18-24)36-15-5-11-33-14-10-31-23(33)3/h6-7,10,14,16-18,34H,5,8-9,11-13,15,19-20H2,1-4H3. The number of aliphatic hydroxyl groups is 1. The van der Waals surface area contributed by atoms with Crippen LogP contribution in [-0.2, 0) is 13.1 Å². The number of nitrogens with zero attached hydrogens (tertiary/aromatic N) is 3. The Bertz CT molecular complexity index is 1160. The Morgan fingerprint density at radius 1 is 1.03 bits per heavy atom. The number of hydrogen-bond acceptors (Lipinski definition) is 6. The molecule has 1 aliphatic heterocycles. The smallest absolute Gasteiger partial charge is 0.161 e. The molecule has 0 saturated carbocycles. The van der Waals surface area contributed by atoms with Gasteiger partial charge in [-0.05, 0) is 81.0 Å². The van der Waals surface area contributed by atoms with Gasteiger partial charge in [0, 0.05) is 43.6 Å². The lowest BCUT2D eigenvalue weighted by Crippen LogP contribution is -2.47. The molecule has 1 N–H and O–H groups in total. The third-order valence-corrected chi connectivity index (χ3v) is 7.66. The second-order valence-electron chi connectivity index (χ2n) is 10.0. The summed E-state index contributed by atoms with van der Waals surface area (Å²) in [6.07, 6.45) is 6.00. The lowest BCUT2D eigenvalue weighted by molar-refractivity contribution is -0.0537. The van der Waals surface area contributed by atoms with E-state index in [1.807, 2.05) is 51.4 Å². The molecule has 1 aliphatic rings. The summed E-state index contributed by atoms with van der Waals surface area (Å²) in [6, 6.07) is 9.97. The molecule has 1 saturated heterocycles. The Hall–Kier alpha value is -2.74. The number of hydrogen-bond donors (Lipinski definition) is 1. The Kier molecular flexibility index (Phi) is 9.00. The number of halogens is 1. The molecule has 0 atom stereocenters. The Morgan fingerprint density at radius 2 is 1.76 bits per heavy atom. The monoisotopic (exact) mass is 527 g/mol. The van der Waals surface area contributed by atoms with Crippen molar-refractivity contribution in [2.24, 2.45) is 0 Å². The van der Waals surface area contributed by atoms with Crippen LogP contribution >= 0.6 is 11.6 Å². The molecule has 2 aromatic carbocycles. The van der Waals surface area contributed by atoms with Crippen LogP contribution < -0.4 is 14.2 Å². The summed E-state index contributed by atoms with van der Waals surface area (Å²) in [4.78, 5) is 6.62. The maximum absolute atomic E-state index is 11.1. The van der Waals surface area contributed by atoms with Crippen LogP contribution in [0.15, 0.2) is 42.7 Å². The van der Waals surface area contributed by atoms with Gasteiger partial charge < -0.3 is 23.9 Å². The second-order valence-corrected chi connectivity index (χ2v) is 10.4. The lowest BCUT2D eigenvalue weighted by Gasteiger charge is -2.38. The van der Waals surface area contributed by atoms with Crippen molar-refractivity contribution in [1.29, 1.82) is 0 Å². The van der Waals surface area contributed by atoms with Crippen molar-refractivity contribution in [3.8, 4) is 17.2 Å². The first-order chi connectivity index (χ1) is 17.8. The van der Waals surface area contributed by atoms with Crippen molar-refractivity contribution in [3.63, 3.8) is 0 Å². The van der Waals surface area contributed by atoms with Crippen molar-refractivity contribution in [3.05, 3.63) is 70.3 Å². The van der Waals surface area contributed by atoms with Crippen molar-refractivity contribution in [2.45, 2.75) is 58.7 Å². The molecular weight excluding hydrogens is 490 g/mol. The highest BCUT2D eigenvalue weighted by atomic mass is 35.5. The van der Waals surface area contributed by atoms with Gasteiger partial charge in [0.05, 0.1) is 13.7 Å². The largest absolute Gasteiger partial charge is 0.493 e. The van der Waals surface area contributed by atoms with E-state index in [9.17, 15) is 5.11 Å². The van der Waals surface area contributed by atoms with E-state index in [0.717, 1.165) is 77.4 Å². The van der Waals surface area contributed by atoms with Crippen molar-refractivity contribution >= 4 is 11.6 Å². The fourth-order valence-electron chi connectivity index (χ4n) is 4.73. The van der Waals surface area contributed by atoms with Crippen molar-refractivity contribution in [1.82, 2.24) is 14.5 Å². The third kappa shape index (κ3) is 7.18. The van der Waals surface area contributed by atoms with E-state index < -0.39 is 5.60 Å². The van der Waals surface area contributed by atoms with E-state index in [1.165, 1.54) is 0 Å². The van der Waals surface area contributed by atoms with Gasteiger partial charge >= 0.3 is 0 Å². The number of methoxy groups -OCH3 is 1. The summed E-state index contributed by atoms with van der Waals surface area (Å²) in [5.41, 5.74) is 2.29. The highest BCUT2D eigenvalue weighted by Gasteiger charge is 2.33. The Balaban J connectivity index is 1.27. The van der Waals surface area contributed by atoms with E-state index in [-0.39, 0.29) is 6.61 Å². The van der Waals surface area contributed by atoms with E-state index in [4.69, 9.17) is 25.8 Å². The normalized spacial score (nSPS) is 15.5. The molecule has 200 valence electrons. The molecule has 7 nitrogen and oxygen atoms in total. The van der Waals surface area contributed by atoms with E-state index in [0.29, 0.717) is 19.4 Å². The van der Waals surface area contributed by atoms with Gasteiger partial charge in [0.15, 0.2) is 11.5 Å². The molecule has 0 radical (unpaired) electrons. The molecule has 2 heterocycles. The highest BCUT2D eigenvalue weighted by molar-refractivity contribution is 6.32. The van der Waals surface area contributed by atoms with Gasteiger partial charge in [0.1, 0.15) is 23.8 Å². The second kappa shape index (κ2) is 12.2. The fourth-order valence-corrected chi connectivity index (χ4v) is 4.84. The predicted octanol–water partition coefficient (Wildman–Crippen LogP) is 5.35. The molecule has 0 unspecified atom stereocenters. The van der Waals surface area contributed by atoms with Gasteiger partial charge in [0.25, 0.3) is 0 Å². The first kappa shape index (κ1) is 27.3. The zero-order chi connectivity index (χ0) is 26.4. The lowest BCUT2D eigenvalue weighted by atomic mass is 9.92. The molecule has 0 bridgehead atoms. The van der Waals surface area contributed by atoms with Gasteiger partial charge in [0.2, 0.25) is 0 Å². The number of aromatic nitrogens is 2. The summed E-state index contributed by atoms with van der Waals surface area (Å²) in [5.74, 6) is 3.26. The van der Waals surface area contributed by atoms with Gasteiger partial charge in [-0.25, -0.2) is 4.98 Å². The molecule has 0 aliphatic carbocycles. The molecule has 8 heteroatoms. The molecule has 1 aromatic heterocycles. The van der Waals surface area contributed by atoms with E-state index in [2.05, 4.69) is 26.6 Å². The van der Waals surface area contributed by atoms with E-state index >= 15 is 0 Å². The minimum Gasteiger partial charge on any atom is -0.493 e. The van der Waals surface area contributed by atoms with Crippen molar-refractivity contribution < 1.29 is 19.3 Å². The molecule has 3 aromatic rings. The first-order valence-electron chi connectivity index (χ1n) is 12.9. The number of benzene rings is 2. The zero-order valence-electron chi connectivity index (χ0n) is 22.3. The third-order valence-electron chi connectivity index (χ3n) is 7.06. The summed E-state index contributed by atoms with van der Waals surface area (Å²) >= 11 is 6.26. The van der Waals surface area contributed by atoms with Gasteiger partial charge in [-0.15, -0.1) is 0 Å². The Morgan fingerprint density at radius 3 is 2.41 bits per heavy atom. The topological polar surface area (TPSA) is 69.0 Å². The number of aryl methyl sites for hydroxylation is 4. The Labute approximate surface area is 224 Å². The molecule has 37 heavy (non-hydrogen) atoms. The maximum atomic E-state index is 11.1. The van der Waals surface area contributed by atoms with Crippen LogP contribution in [0.2, 0.25) is 5.02 Å². The number of imidazole rings is 1. The summed E-state index contributed by atoms with van der Waals surface area (Å²) < 4.78 is 19.7. The van der Waals surface area contributed by atoms with Gasteiger partial charge in [-0.2, -0.15) is 0 Å². The van der Waals surface area contributed by atoms with Crippen LogP contribution in [0.3, 0.4) is 0 Å². The fraction of sp³-hybridized carbons (Fsp3) is 0.483.